The average molecular weight is 408 g/mol. The molecule has 24 heavy (non-hydrogen) atoms. The summed E-state index contributed by atoms with van der Waals surface area (Å²) in [6, 6.07) is 10.6. The third kappa shape index (κ3) is 5.28. The van der Waals surface area contributed by atoms with Crippen LogP contribution in [0.5, 0.6) is 5.75 Å². The first kappa shape index (κ1) is 18.4. The van der Waals surface area contributed by atoms with Crippen LogP contribution in [0.2, 0.25) is 0 Å². The molecule has 1 aromatic carbocycles. The van der Waals surface area contributed by atoms with Gasteiger partial charge in [-0.05, 0) is 79.3 Å². The molecule has 7 heteroatoms. The SMILES string of the molecule is Cc1nc(NC(=S)NC(=O)c2cccc(OC(C)C)c2)ccc1Br. The number of pyridine rings is 1. The van der Waals surface area contributed by atoms with Gasteiger partial charge in [-0.3, -0.25) is 10.1 Å². The number of rotatable bonds is 4. The Balaban J connectivity index is 2.00. The van der Waals surface area contributed by atoms with Gasteiger partial charge in [0.1, 0.15) is 11.6 Å². The second kappa shape index (κ2) is 8.21. The van der Waals surface area contributed by atoms with Crippen LogP contribution in [0.4, 0.5) is 5.82 Å². The molecule has 0 saturated heterocycles. The van der Waals surface area contributed by atoms with E-state index in [4.69, 9.17) is 17.0 Å². The maximum absolute atomic E-state index is 12.3. The van der Waals surface area contributed by atoms with Crippen molar-refractivity contribution in [1.29, 1.82) is 0 Å². The normalized spacial score (nSPS) is 10.4. The van der Waals surface area contributed by atoms with E-state index in [0.717, 1.165) is 10.2 Å². The molecule has 2 rings (SSSR count). The highest BCUT2D eigenvalue weighted by molar-refractivity contribution is 9.10. The van der Waals surface area contributed by atoms with Crippen LogP contribution >= 0.6 is 28.1 Å². The molecule has 0 saturated carbocycles. The zero-order valence-corrected chi connectivity index (χ0v) is 16.0. The maximum atomic E-state index is 12.3. The summed E-state index contributed by atoms with van der Waals surface area (Å²) < 4.78 is 6.49. The first-order valence-corrected chi connectivity index (χ1v) is 8.57. The minimum atomic E-state index is -0.310. The molecule has 0 bridgehead atoms. The Morgan fingerprint density at radius 3 is 2.71 bits per heavy atom. The number of benzene rings is 1. The van der Waals surface area contributed by atoms with Gasteiger partial charge in [0.05, 0.1) is 11.8 Å². The molecule has 1 heterocycles. The molecule has 5 nitrogen and oxygen atoms in total. The van der Waals surface area contributed by atoms with E-state index in [-0.39, 0.29) is 17.1 Å². The molecule has 0 fully saturated rings. The lowest BCUT2D eigenvalue weighted by molar-refractivity contribution is 0.0977. The fourth-order valence-corrected chi connectivity index (χ4v) is 2.34. The number of hydrogen-bond donors (Lipinski definition) is 2. The molecule has 0 aliphatic rings. The Morgan fingerprint density at radius 1 is 1.29 bits per heavy atom. The molecule has 126 valence electrons. The van der Waals surface area contributed by atoms with Gasteiger partial charge in [0, 0.05) is 10.0 Å². The number of carbonyl (C=O) groups is 1. The van der Waals surface area contributed by atoms with Crippen LogP contribution in [0.25, 0.3) is 0 Å². The molecule has 0 aliphatic heterocycles. The number of anilines is 1. The number of carbonyl (C=O) groups excluding carboxylic acids is 1. The third-order valence-electron chi connectivity index (χ3n) is 2.96. The number of nitrogens with zero attached hydrogens (tertiary/aromatic N) is 1. The van der Waals surface area contributed by atoms with Gasteiger partial charge < -0.3 is 10.1 Å². The van der Waals surface area contributed by atoms with Crippen LogP contribution in [-0.4, -0.2) is 22.1 Å². The number of aromatic nitrogens is 1. The molecular weight excluding hydrogens is 390 g/mol. The van der Waals surface area contributed by atoms with Crippen LogP contribution in [0.1, 0.15) is 29.9 Å². The number of thiocarbonyl (C=S) groups is 1. The fourth-order valence-electron chi connectivity index (χ4n) is 1.92. The predicted molar refractivity (Wildman–Crippen MR) is 103 cm³/mol. The average Bonchev–Trinajstić information content (AvgIpc) is 2.50. The highest BCUT2D eigenvalue weighted by atomic mass is 79.9. The second-order valence-electron chi connectivity index (χ2n) is 5.37. The number of nitrogens with one attached hydrogen (secondary N) is 2. The lowest BCUT2D eigenvalue weighted by Crippen LogP contribution is -2.34. The lowest BCUT2D eigenvalue weighted by Gasteiger charge is -2.12. The van der Waals surface area contributed by atoms with Gasteiger partial charge in [0.15, 0.2) is 5.11 Å². The van der Waals surface area contributed by atoms with E-state index in [9.17, 15) is 4.79 Å². The molecule has 0 spiro atoms. The van der Waals surface area contributed by atoms with Gasteiger partial charge in [0.2, 0.25) is 0 Å². The van der Waals surface area contributed by atoms with Crippen molar-refractivity contribution in [3.05, 3.63) is 52.1 Å². The molecule has 1 aromatic heterocycles. The number of amides is 1. The smallest absolute Gasteiger partial charge is 0.257 e. The lowest BCUT2D eigenvalue weighted by atomic mass is 10.2. The minimum Gasteiger partial charge on any atom is -0.491 e. The quantitative estimate of drug-likeness (QED) is 0.747. The summed E-state index contributed by atoms with van der Waals surface area (Å²) in [5.74, 6) is 0.898. The zero-order chi connectivity index (χ0) is 17.7. The van der Waals surface area contributed by atoms with E-state index in [0.29, 0.717) is 17.1 Å². The van der Waals surface area contributed by atoms with Gasteiger partial charge in [-0.25, -0.2) is 4.98 Å². The van der Waals surface area contributed by atoms with Crippen molar-refractivity contribution in [1.82, 2.24) is 10.3 Å². The van der Waals surface area contributed by atoms with Crippen LogP contribution in [0, 0.1) is 6.92 Å². The first-order chi connectivity index (χ1) is 11.3. The Bertz CT molecular complexity index is 765. The van der Waals surface area contributed by atoms with Crippen LogP contribution in [0.15, 0.2) is 40.9 Å². The monoisotopic (exact) mass is 407 g/mol. The van der Waals surface area contributed by atoms with Crippen LogP contribution in [-0.2, 0) is 0 Å². The molecule has 0 radical (unpaired) electrons. The predicted octanol–water partition coefficient (Wildman–Crippen LogP) is 4.07. The molecular formula is C17H18BrN3O2S. The summed E-state index contributed by atoms with van der Waals surface area (Å²) in [5.41, 5.74) is 1.30. The van der Waals surface area contributed by atoms with E-state index >= 15 is 0 Å². The van der Waals surface area contributed by atoms with Crippen LogP contribution in [0.3, 0.4) is 0 Å². The zero-order valence-electron chi connectivity index (χ0n) is 13.6. The van der Waals surface area contributed by atoms with Gasteiger partial charge >= 0.3 is 0 Å². The van der Waals surface area contributed by atoms with E-state index in [2.05, 4.69) is 31.5 Å². The summed E-state index contributed by atoms with van der Waals surface area (Å²) in [6.45, 7) is 5.73. The van der Waals surface area contributed by atoms with Crippen LogP contribution < -0.4 is 15.4 Å². The van der Waals surface area contributed by atoms with E-state index in [1.807, 2.05) is 32.9 Å². The van der Waals surface area contributed by atoms with E-state index in [1.54, 1.807) is 24.3 Å². The van der Waals surface area contributed by atoms with Crippen molar-refractivity contribution >= 4 is 45.0 Å². The molecule has 0 atom stereocenters. The van der Waals surface area contributed by atoms with E-state index in [1.165, 1.54) is 0 Å². The fraction of sp³-hybridized carbons (Fsp3) is 0.235. The number of aryl methyl sites for hydroxylation is 1. The van der Waals surface area contributed by atoms with Crippen molar-refractivity contribution in [2.45, 2.75) is 26.9 Å². The van der Waals surface area contributed by atoms with Gasteiger partial charge in [-0.2, -0.15) is 0 Å². The van der Waals surface area contributed by atoms with Crippen molar-refractivity contribution in [2.75, 3.05) is 5.32 Å². The van der Waals surface area contributed by atoms with Crippen molar-refractivity contribution in [2.24, 2.45) is 0 Å². The molecule has 2 N–H and O–H groups in total. The summed E-state index contributed by atoms with van der Waals surface area (Å²) in [5, 5.41) is 5.71. The third-order valence-corrected chi connectivity index (χ3v) is 4.00. The Hall–Kier alpha value is -1.99. The highest BCUT2D eigenvalue weighted by Crippen LogP contribution is 2.17. The topological polar surface area (TPSA) is 63.2 Å². The summed E-state index contributed by atoms with van der Waals surface area (Å²) >= 11 is 8.55. The Labute approximate surface area is 154 Å². The number of halogens is 1. The van der Waals surface area contributed by atoms with Crippen molar-refractivity contribution < 1.29 is 9.53 Å². The largest absolute Gasteiger partial charge is 0.491 e. The number of hydrogen-bond acceptors (Lipinski definition) is 4. The standard InChI is InChI=1S/C17H18BrN3O2S/c1-10(2)23-13-6-4-5-12(9-13)16(22)21-17(24)20-15-8-7-14(18)11(3)19-15/h4-10H,1-3H3,(H2,19,20,21,22,24). The Morgan fingerprint density at radius 2 is 2.04 bits per heavy atom. The van der Waals surface area contributed by atoms with Crippen molar-refractivity contribution in [3.8, 4) is 5.75 Å². The molecule has 2 aromatic rings. The molecule has 0 unspecified atom stereocenters. The molecule has 0 aliphatic carbocycles. The summed E-state index contributed by atoms with van der Waals surface area (Å²) in [4.78, 5) is 16.6. The molecule has 1 amide bonds. The van der Waals surface area contributed by atoms with Gasteiger partial charge in [0.25, 0.3) is 5.91 Å². The van der Waals surface area contributed by atoms with Gasteiger partial charge in [-0.15, -0.1) is 0 Å². The highest BCUT2D eigenvalue weighted by Gasteiger charge is 2.10. The minimum absolute atomic E-state index is 0.0396. The first-order valence-electron chi connectivity index (χ1n) is 7.37. The maximum Gasteiger partial charge on any atom is 0.257 e. The van der Waals surface area contributed by atoms with E-state index < -0.39 is 0 Å². The van der Waals surface area contributed by atoms with Crippen molar-refractivity contribution in [3.63, 3.8) is 0 Å². The number of ether oxygens (including phenoxy) is 1. The Kier molecular flexibility index (Phi) is 6.28. The summed E-state index contributed by atoms with van der Waals surface area (Å²) in [6.07, 6.45) is 0.0396. The van der Waals surface area contributed by atoms with Gasteiger partial charge in [-0.1, -0.05) is 6.07 Å². The second-order valence-corrected chi connectivity index (χ2v) is 6.63. The summed E-state index contributed by atoms with van der Waals surface area (Å²) in [7, 11) is 0.